The van der Waals surface area contributed by atoms with E-state index < -0.39 is 96.5 Å². The molecule has 1 unspecified atom stereocenters. The molecular formula is C63H97N9O13. The molecule has 0 radical (unpaired) electrons. The molecule has 0 spiro atoms. The molecule has 472 valence electrons. The Kier molecular flexibility index (Phi) is 29.2. The average molecular weight is 1190 g/mol. The second-order valence-corrected chi connectivity index (χ2v) is 23.1. The fourth-order valence-electron chi connectivity index (χ4n) is 11.1. The lowest BCUT2D eigenvalue weighted by Gasteiger charge is -2.39. The first-order chi connectivity index (χ1) is 40.4. The number of nitrogens with one attached hydrogen (secondary N) is 4. The Morgan fingerprint density at radius 1 is 0.788 bits per heavy atom. The largest absolute Gasteiger partial charge is 0.445 e. The van der Waals surface area contributed by atoms with Crippen molar-refractivity contribution in [1.29, 1.82) is 0 Å². The number of rotatable bonds is 36. The van der Waals surface area contributed by atoms with Crippen molar-refractivity contribution in [3.05, 3.63) is 90.0 Å². The Labute approximate surface area is 503 Å². The van der Waals surface area contributed by atoms with Gasteiger partial charge in [-0.05, 0) is 99.9 Å². The third kappa shape index (κ3) is 20.5. The maximum absolute atomic E-state index is 14.7. The van der Waals surface area contributed by atoms with Gasteiger partial charge >= 0.3 is 6.09 Å². The summed E-state index contributed by atoms with van der Waals surface area (Å²) in [6, 6.07) is 11.3. The molecule has 11 atom stereocenters. The standard InChI is InChI=1S/C63H97N9O13/c1-13-41(6)56(49(83-11)37-53(76)71-36-22-26-48(71)58(84-12)42(7)59(78)65-43(8)57(77)45-23-16-14-17-24-45)69(9)62(81)54(39(2)3)68-61(80)55(40(4)5)70(10)63(82)85-38-44-28-30-46(31-29-44)66-60(79)47(25-19-20-34-64)67-50(73)27-18-15-21-35-72-51(74)32-33-52(72)75/h14,16-17,23-24,28-33,39-40,42-43,47-49,54-58,60,66,77,79H,6,13,15,18-22,25-27,34-38,64H2,1-5,7-12H3,(H,65,78)(H,67,73)(H,68,80)/t42-,43-,47?,48+,49-,54+,55+,56+,57-,58-,60+/m1/s1. The summed E-state index contributed by atoms with van der Waals surface area (Å²) in [6.07, 6.45) is 3.46. The topological polar surface area (TPSA) is 292 Å². The predicted octanol–water partition coefficient (Wildman–Crippen LogP) is 5.33. The van der Waals surface area contributed by atoms with Crippen LogP contribution in [0.1, 0.15) is 136 Å². The lowest BCUT2D eigenvalue weighted by molar-refractivity contribution is -0.145. The number of carbonyl (C=O) groups is 8. The second-order valence-electron chi connectivity index (χ2n) is 23.1. The molecule has 1 saturated heterocycles. The Balaban J connectivity index is 1.35. The number of methoxy groups -OCH3 is 2. The van der Waals surface area contributed by atoms with Crippen LogP contribution in [0.4, 0.5) is 10.5 Å². The number of anilines is 1. The summed E-state index contributed by atoms with van der Waals surface area (Å²) in [6.45, 7) is 17.8. The molecule has 22 nitrogen and oxygen atoms in total. The molecule has 0 saturated carbocycles. The molecule has 8 N–H and O–H groups in total. The van der Waals surface area contributed by atoms with E-state index in [1.807, 2.05) is 25.1 Å². The number of aliphatic hydroxyl groups excluding tert-OH is 2. The molecule has 2 aromatic rings. The van der Waals surface area contributed by atoms with Crippen LogP contribution in [0.2, 0.25) is 0 Å². The van der Waals surface area contributed by atoms with E-state index in [2.05, 4.69) is 27.8 Å². The summed E-state index contributed by atoms with van der Waals surface area (Å²) in [4.78, 5) is 113. The van der Waals surface area contributed by atoms with Crippen molar-refractivity contribution in [2.24, 2.45) is 23.5 Å². The Bertz CT molecular complexity index is 2530. The molecule has 0 aliphatic carbocycles. The highest BCUT2D eigenvalue weighted by atomic mass is 16.6. The molecule has 4 rings (SSSR count). The molecule has 2 aliphatic rings. The highest BCUT2D eigenvalue weighted by Crippen LogP contribution is 2.30. The van der Waals surface area contributed by atoms with Gasteiger partial charge in [0.05, 0.1) is 54.8 Å². The zero-order valence-electron chi connectivity index (χ0n) is 51.9. The zero-order chi connectivity index (χ0) is 63.1. The minimum absolute atomic E-state index is 0.131. The number of benzene rings is 2. The van der Waals surface area contributed by atoms with Crippen LogP contribution < -0.4 is 27.0 Å². The van der Waals surface area contributed by atoms with Crippen molar-refractivity contribution in [3.8, 4) is 0 Å². The van der Waals surface area contributed by atoms with Gasteiger partial charge in [0, 0.05) is 65.7 Å². The van der Waals surface area contributed by atoms with E-state index >= 15 is 0 Å². The van der Waals surface area contributed by atoms with Gasteiger partial charge in [-0.15, -0.1) is 0 Å². The van der Waals surface area contributed by atoms with E-state index in [0.717, 1.165) is 0 Å². The number of ether oxygens (including phenoxy) is 3. The van der Waals surface area contributed by atoms with E-state index in [4.69, 9.17) is 19.9 Å². The van der Waals surface area contributed by atoms with Crippen LogP contribution in [0.25, 0.3) is 0 Å². The van der Waals surface area contributed by atoms with Crippen molar-refractivity contribution in [2.75, 3.05) is 53.3 Å². The zero-order valence-corrected chi connectivity index (χ0v) is 51.9. The first-order valence-electron chi connectivity index (χ1n) is 30.0. The maximum atomic E-state index is 14.7. The number of likely N-dealkylation sites (N-methyl/N-ethyl adjacent to an activating group) is 2. The number of hydrogen-bond acceptors (Lipinski definition) is 15. The van der Waals surface area contributed by atoms with Crippen LogP contribution >= 0.6 is 0 Å². The summed E-state index contributed by atoms with van der Waals surface area (Å²) in [5.74, 6) is -4.05. The summed E-state index contributed by atoms with van der Waals surface area (Å²) < 4.78 is 17.7. The molecule has 0 bridgehead atoms. The molecule has 2 aliphatic heterocycles. The van der Waals surface area contributed by atoms with Gasteiger partial charge in [0.25, 0.3) is 11.8 Å². The van der Waals surface area contributed by atoms with Crippen molar-refractivity contribution in [3.63, 3.8) is 0 Å². The van der Waals surface area contributed by atoms with Crippen LogP contribution in [0.15, 0.2) is 78.9 Å². The molecular weight excluding hydrogens is 1090 g/mol. The monoisotopic (exact) mass is 1190 g/mol. The number of aliphatic hydroxyl groups is 2. The number of imide groups is 1. The van der Waals surface area contributed by atoms with Crippen molar-refractivity contribution in [2.45, 2.75) is 186 Å². The quantitative estimate of drug-likeness (QED) is 0.0197. The first-order valence-corrected chi connectivity index (χ1v) is 30.0. The van der Waals surface area contributed by atoms with Crippen LogP contribution in [0.5, 0.6) is 0 Å². The highest BCUT2D eigenvalue weighted by molar-refractivity contribution is 6.12. The number of unbranched alkanes of at least 4 members (excludes halogenated alkanes) is 3. The lowest BCUT2D eigenvalue weighted by atomic mass is 9.92. The third-order valence-electron chi connectivity index (χ3n) is 16.2. The van der Waals surface area contributed by atoms with E-state index in [1.165, 1.54) is 48.1 Å². The van der Waals surface area contributed by atoms with Gasteiger partial charge in [-0.25, -0.2) is 4.79 Å². The number of carbonyl (C=O) groups excluding carboxylic acids is 8. The number of likely N-dealkylation sites (tertiary alicyclic amines) is 1. The second kappa shape index (κ2) is 35.0. The molecule has 0 aromatic heterocycles. The highest BCUT2D eigenvalue weighted by Gasteiger charge is 2.43. The van der Waals surface area contributed by atoms with Crippen molar-refractivity contribution >= 4 is 53.1 Å². The molecule has 2 heterocycles. The minimum atomic E-state index is -1.15. The third-order valence-corrected chi connectivity index (χ3v) is 16.2. The van der Waals surface area contributed by atoms with Gasteiger partial charge in [-0.2, -0.15) is 0 Å². The summed E-state index contributed by atoms with van der Waals surface area (Å²) in [5, 5.41) is 34.0. The average Bonchev–Trinajstić information content (AvgIpc) is 3.61. The van der Waals surface area contributed by atoms with E-state index in [1.54, 1.807) is 89.9 Å². The van der Waals surface area contributed by atoms with Crippen LogP contribution in [-0.4, -0.2) is 180 Å². The van der Waals surface area contributed by atoms with E-state index in [0.29, 0.717) is 93.3 Å². The van der Waals surface area contributed by atoms with Crippen LogP contribution in [0, 0.1) is 17.8 Å². The molecule has 1 fully saturated rings. The Morgan fingerprint density at radius 2 is 1.45 bits per heavy atom. The lowest BCUT2D eigenvalue weighted by Crippen LogP contribution is -2.59. The SMILES string of the molecule is C=C(CC)[C@@H]([C@@H](CC(=O)N1CCC[C@H]1[C@H](OC)[C@@H](C)C(=O)N[C@H](C)[C@@H](O)c1ccccc1)OC)N(C)C(=O)[C@@H](NC(=O)[C@H](C(C)C)N(C)C(=O)OCc1ccc(N[C@@H](O)C(CCCCN)NC(=O)CCCCCN2C(=O)C=CC2=O)cc1)C(C)C. The number of nitrogens with two attached hydrogens (primary N) is 1. The first kappa shape index (κ1) is 70.8. The fraction of sp³-hybridized carbons (Fsp3) is 0.619. The smallest absolute Gasteiger partial charge is 0.410 e. The van der Waals surface area contributed by atoms with Crippen LogP contribution in [0.3, 0.4) is 0 Å². The maximum Gasteiger partial charge on any atom is 0.410 e. The van der Waals surface area contributed by atoms with Gasteiger partial charge in [0.1, 0.15) is 24.9 Å². The fourth-order valence-corrected chi connectivity index (χ4v) is 11.1. The minimum Gasteiger partial charge on any atom is -0.445 e. The molecule has 22 heteroatoms. The van der Waals surface area contributed by atoms with Gasteiger partial charge in [0.15, 0.2) is 0 Å². The summed E-state index contributed by atoms with van der Waals surface area (Å²) in [7, 11) is 6.03. The van der Waals surface area contributed by atoms with Crippen LogP contribution in [-0.2, 0) is 54.4 Å². The summed E-state index contributed by atoms with van der Waals surface area (Å²) >= 11 is 0. The number of amides is 8. The predicted molar refractivity (Wildman–Crippen MR) is 324 cm³/mol. The molecule has 8 amide bonds. The number of nitrogens with zero attached hydrogens (tertiary/aromatic N) is 4. The summed E-state index contributed by atoms with van der Waals surface area (Å²) in [5.41, 5.74) is 8.17. The number of hydrogen-bond donors (Lipinski definition) is 7. The van der Waals surface area contributed by atoms with Gasteiger partial charge < -0.3 is 61.2 Å². The van der Waals surface area contributed by atoms with Crippen molar-refractivity contribution in [1.82, 2.24) is 35.6 Å². The van der Waals surface area contributed by atoms with E-state index in [-0.39, 0.29) is 55.5 Å². The van der Waals surface area contributed by atoms with E-state index in [9.17, 15) is 48.6 Å². The van der Waals surface area contributed by atoms with Gasteiger partial charge in [-0.1, -0.05) is 103 Å². The van der Waals surface area contributed by atoms with Gasteiger partial charge in [0.2, 0.25) is 29.5 Å². The molecule has 85 heavy (non-hydrogen) atoms. The van der Waals surface area contributed by atoms with Gasteiger partial charge in [-0.3, -0.25) is 43.4 Å². The Hall–Kier alpha value is -6.72. The Morgan fingerprint density at radius 3 is 2.04 bits per heavy atom. The van der Waals surface area contributed by atoms with Crippen molar-refractivity contribution < 1.29 is 62.8 Å². The normalized spacial score (nSPS) is 17.7. The molecule has 2 aromatic carbocycles.